The fraction of sp³-hybridized carbons (Fsp3) is 0.974. The highest BCUT2D eigenvalue weighted by atomic mass is 35.5. The third-order valence-electron chi connectivity index (χ3n) is 9.79. The molecule has 11 heteroatoms. The molecule has 0 fully saturated rings. The van der Waals surface area contributed by atoms with Crippen molar-refractivity contribution in [1.29, 1.82) is 0 Å². The average Bonchev–Trinajstić information content (AvgIpc) is 3.12. The Labute approximate surface area is 316 Å². The summed E-state index contributed by atoms with van der Waals surface area (Å²) in [6.45, 7) is 16.6. The Morgan fingerprint density at radius 3 is 1.38 bits per heavy atom. The molecule has 0 aromatic carbocycles. The van der Waals surface area contributed by atoms with Crippen LogP contribution in [0.2, 0.25) is 0 Å². The highest BCUT2D eigenvalue weighted by molar-refractivity contribution is 6.13. The first-order valence-corrected chi connectivity index (χ1v) is 21.4. The molecule has 0 bridgehead atoms. The van der Waals surface area contributed by atoms with E-state index in [1.807, 2.05) is 18.5 Å². The minimum absolute atomic E-state index is 0.189. The van der Waals surface area contributed by atoms with Crippen molar-refractivity contribution < 1.29 is 4.79 Å². The summed E-state index contributed by atoms with van der Waals surface area (Å²) in [6, 6.07) is 0. The molecule has 0 saturated heterocycles. The number of hydrogen-bond acceptors (Lipinski definition) is 9. The Morgan fingerprint density at radius 1 is 0.480 bits per heavy atom. The maximum atomic E-state index is 12.5. The van der Waals surface area contributed by atoms with E-state index in [0.717, 1.165) is 104 Å². The molecular formula is C39H86ClN9O. The van der Waals surface area contributed by atoms with Crippen molar-refractivity contribution in [1.82, 2.24) is 35.1 Å². The molecule has 0 aliphatic carbocycles. The minimum atomic E-state index is 0.189. The number of carbonyl (C=O) groups excluding carboxylic acids is 1. The van der Waals surface area contributed by atoms with Crippen LogP contribution in [-0.2, 0) is 4.79 Å². The third-order valence-corrected chi connectivity index (χ3v) is 10.1. The van der Waals surface area contributed by atoms with Crippen LogP contribution in [0, 0.1) is 0 Å². The van der Waals surface area contributed by atoms with Crippen molar-refractivity contribution in [3.05, 3.63) is 0 Å². The van der Waals surface area contributed by atoms with Gasteiger partial charge in [0.15, 0.2) is 0 Å². The van der Waals surface area contributed by atoms with E-state index in [4.69, 9.17) is 23.2 Å². The normalized spacial score (nSPS) is 12.0. The smallest absolute Gasteiger partial charge is 0.220 e. The molecule has 0 aromatic rings. The van der Waals surface area contributed by atoms with E-state index in [0.29, 0.717) is 19.5 Å². The van der Waals surface area contributed by atoms with Gasteiger partial charge in [0.25, 0.3) is 0 Å². The zero-order valence-electron chi connectivity index (χ0n) is 33.5. The molecule has 0 aliphatic heterocycles. The van der Waals surface area contributed by atoms with Crippen LogP contribution in [-0.4, -0.2) is 144 Å². The molecule has 10 nitrogen and oxygen atoms in total. The van der Waals surface area contributed by atoms with Crippen LogP contribution in [0.1, 0.15) is 129 Å². The van der Waals surface area contributed by atoms with Gasteiger partial charge in [0.05, 0.1) is 0 Å². The van der Waals surface area contributed by atoms with E-state index in [-0.39, 0.29) is 5.91 Å². The monoisotopic (exact) mass is 732 g/mol. The number of halogens is 1. The van der Waals surface area contributed by atoms with Crippen LogP contribution >= 0.6 is 11.8 Å². The molecule has 7 N–H and O–H groups in total. The van der Waals surface area contributed by atoms with Crippen LogP contribution in [0.25, 0.3) is 0 Å². The Kier molecular flexibility index (Phi) is 39.2. The lowest BCUT2D eigenvalue weighted by molar-refractivity contribution is -0.121. The van der Waals surface area contributed by atoms with Gasteiger partial charge < -0.3 is 32.3 Å². The van der Waals surface area contributed by atoms with Gasteiger partial charge >= 0.3 is 0 Å². The lowest BCUT2D eigenvalue weighted by Crippen LogP contribution is -2.43. The number of hydrogen-bond donors (Lipinski definition) is 5. The second-order valence-electron chi connectivity index (χ2n) is 14.3. The van der Waals surface area contributed by atoms with Crippen LogP contribution in [0.3, 0.4) is 0 Å². The highest BCUT2D eigenvalue weighted by Gasteiger charge is 2.13. The lowest BCUT2D eigenvalue weighted by atomic mass is 10.0. The van der Waals surface area contributed by atoms with Crippen molar-refractivity contribution in [3.63, 3.8) is 0 Å². The van der Waals surface area contributed by atoms with Gasteiger partial charge in [0.2, 0.25) is 5.91 Å². The van der Waals surface area contributed by atoms with E-state index in [1.54, 1.807) is 0 Å². The molecule has 300 valence electrons. The van der Waals surface area contributed by atoms with Gasteiger partial charge in [-0.05, 0) is 58.2 Å². The number of unbranched alkanes of at least 4 members (excludes halogenated alkanes) is 16. The SMILES string of the molecule is CCCCCCCCCCCCCCCCCC(=O)NCCN(CCNC)CCN(Cl)CCN(CCNC)CCN(CCN)CCCCCN. The summed E-state index contributed by atoms with van der Waals surface area (Å²) < 4.78 is 1.93. The molecule has 1 amide bonds. The first-order valence-electron chi connectivity index (χ1n) is 21.0. The van der Waals surface area contributed by atoms with Gasteiger partial charge in [-0.1, -0.05) is 103 Å². The molecule has 0 radical (unpaired) electrons. The van der Waals surface area contributed by atoms with E-state index in [1.165, 1.54) is 103 Å². The largest absolute Gasteiger partial charge is 0.355 e. The predicted molar refractivity (Wildman–Crippen MR) is 219 cm³/mol. The van der Waals surface area contributed by atoms with E-state index in [2.05, 4.69) is 37.6 Å². The van der Waals surface area contributed by atoms with E-state index < -0.39 is 0 Å². The molecule has 0 aliphatic rings. The maximum Gasteiger partial charge on any atom is 0.220 e. The first-order chi connectivity index (χ1) is 24.5. The van der Waals surface area contributed by atoms with Crippen molar-refractivity contribution in [2.24, 2.45) is 11.5 Å². The van der Waals surface area contributed by atoms with Gasteiger partial charge in [-0.3, -0.25) is 14.6 Å². The first kappa shape index (κ1) is 49.4. The minimum Gasteiger partial charge on any atom is -0.355 e. The summed E-state index contributed by atoms with van der Waals surface area (Å²) in [5.74, 6) is 0.189. The van der Waals surface area contributed by atoms with Gasteiger partial charge in [-0.2, -0.15) is 0 Å². The maximum absolute atomic E-state index is 12.5. The molecule has 0 spiro atoms. The topological polar surface area (TPSA) is 118 Å². The number of nitrogens with one attached hydrogen (secondary N) is 3. The molecule has 0 saturated carbocycles. The number of nitrogens with two attached hydrogens (primary N) is 2. The van der Waals surface area contributed by atoms with Crippen LogP contribution < -0.4 is 27.4 Å². The highest BCUT2D eigenvalue weighted by Crippen LogP contribution is 2.13. The van der Waals surface area contributed by atoms with Crippen molar-refractivity contribution >= 4 is 17.7 Å². The van der Waals surface area contributed by atoms with Crippen molar-refractivity contribution in [2.75, 3.05) is 119 Å². The Hall–Kier alpha value is -0.560. The van der Waals surface area contributed by atoms with Crippen LogP contribution in [0.5, 0.6) is 0 Å². The molecule has 0 unspecified atom stereocenters. The second kappa shape index (κ2) is 39.6. The molecule has 50 heavy (non-hydrogen) atoms. The number of nitrogens with zero attached hydrogens (tertiary/aromatic N) is 4. The Bertz CT molecular complexity index is 694. The summed E-state index contributed by atoms with van der Waals surface area (Å²) in [6.07, 6.45) is 24.2. The van der Waals surface area contributed by atoms with Gasteiger partial charge in [0.1, 0.15) is 0 Å². The standard InChI is InChI=1S/C39H86ClN9O/c1-4-5-6-7-8-9-10-11-12-13-14-15-16-17-19-22-39(50)45-27-32-47(30-25-43-2)35-37-49(40)38-36-48(31-26-44-3)34-33-46(29-24-42)28-21-18-20-23-41/h43-44H,4-38,41-42H2,1-3H3,(H,45,50). The molecule has 0 rings (SSSR count). The predicted octanol–water partition coefficient (Wildman–Crippen LogP) is 5.25. The second-order valence-corrected chi connectivity index (χ2v) is 14.8. The third kappa shape index (κ3) is 34.5. The number of likely N-dealkylation sites (N-methyl/N-ethyl adjacent to an activating group) is 2. The Balaban J connectivity index is 4.18. The molecule has 0 heterocycles. The van der Waals surface area contributed by atoms with Crippen LogP contribution in [0.15, 0.2) is 0 Å². The quantitative estimate of drug-likeness (QED) is 0.0425. The summed E-state index contributed by atoms with van der Waals surface area (Å²) in [7, 11) is 3.99. The molecule has 0 aromatic heterocycles. The van der Waals surface area contributed by atoms with Crippen molar-refractivity contribution in [3.8, 4) is 0 Å². The average molecular weight is 733 g/mol. The summed E-state index contributed by atoms with van der Waals surface area (Å²) in [5.41, 5.74) is 11.6. The summed E-state index contributed by atoms with van der Waals surface area (Å²) >= 11 is 6.73. The lowest BCUT2D eigenvalue weighted by Gasteiger charge is -2.29. The summed E-state index contributed by atoms with van der Waals surface area (Å²) in [4.78, 5) is 19.9. The number of rotatable bonds is 41. The summed E-state index contributed by atoms with van der Waals surface area (Å²) in [5, 5.41) is 9.71. The van der Waals surface area contributed by atoms with E-state index >= 15 is 0 Å². The van der Waals surface area contributed by atoms with E-state index in [9.17, 15) is 4.79 Å². The Morgan fingerprint density at radius 2 is 0.900 bits per heavy atom. The van der Waals surface area contributed by atoms with Gasteiger partial charge in [0, 0.05) is 98.0 Å². The van der Waals surface area contributed by atoms with Gasteiger partial charge in [-0.15, -0.1) is 0 Å². The fourth-order valence-corrected chi connectivity index (χ4v) is 6.53. The zero-order chi connectivity index (χ0) is 36.8. The number of amides is 1. The number of carbonyl (C=O) groups is 1. The molecule has 0 atom stereocenters. The molecular weight excluding hydrogens is 646 g/mol. The fourth-order valence-electron chi connectivity index (χ4n) is 6.38. The zero-order valence-corrected chi connectivity index (χ0v) is 34.2. The van der Waals surface area contributed by atoms with Crippen LogP contribution in [0.4, 0.5) is 0 Å². The van der Waals surface area contributed by atoms with Crippen molar-refractivity contribution in [2.45, 2.75) is 129 Å². The van der Waals surface area contributed by atoms with Gasteiger partial charge in [-0.25, -0.2) is 4.42 Å².